The van der Waals surface area contributed by atoms with Crippen LogP contribution in [0.5, 0.6) is 0 Å². The van der Waals surface area contributed by atoms with Crippen LogP contribution >= 0.6 is 12.2 Å². The minimum atomic E-state index is -0.353. The average molecular weight is 262 g/mol. The van der Waals surface area contributed by atoms with Crippen LogP contribution in [-0.4, -0.2) is 10.9 Å². The first-order valence-electron chi connectivity index (χ1n) is 6.30. The van der Waals surface area contributed by atoms with Crippen molar-refractivity contribution in [3.63, 3.8) is 0 Å². The normalized spacial score (nSPS) is 16.7. The fraction of sp³-hybridized carbons (Fsp3) is 0.429. The lowest BCUT2D eigenvalue weighted by molar-refractivity contribution is -0.122. The number of hydrogen-bond donors (Lipinski definition) is 2. The molecule has 1 unspecified atom stereocenters. The SMILES string of the molecule is NC(=S)C(NC(=O)CC1CCC1)c1ccccc1. The van der Waals surface area contributed by atoms with Crippen molar-refractivity contribution in [2.75, 3.05) is 0 Å². The van der Waals surface area contributed by atoms with Crippen molar-refractivity contribution in [1.82, 2.24) is 5.32 Å². The first kappa shape index (κ1) is 13.0. The van der Waals surface area contributed by atoms with Crippen molar-refractivity contribution in [3.05, 3.63) is 35.9 Å². The van der Waals surface area contributed by atoms with Crippen molar-refractivity contribution in [2.24, 2.45) is 11.7 Å². The van der Waals surface area contributed by atoms with Gasteiger partial charge in [0.15, 0.2) is 0 Å². The fourth-order valence-corrected chi connectivity index (χ4v) is 2.34. The lowest BCUT2D eigenvalue weighted by Gasteiger charge is -2.26. The third-order valence-corrected chi connectivity index (χ3v) is 3.66. The second-order valence-electron chi connectivity index (χ2n) is 4.81. The van der Waals surface area contributed by atoms with Crippen LogP contribution in [0.25, 0.3) is 0 Å². The number of carbonyl (C=O) groups excluding carboxylic acids is 1. The highest BCUT2D eigenvalue weighted by atomic mass is 32.1. The zero-order valence-corrected chi connectivity index (χ0v) is 11.1. The number of benzene rings is 1. The fourth-order valence-electron chi connectivity index (χ4n) is 2.14. The average Bonchev–Trinajstić information content (AvgIpc) is 2.31. The number of thiocarbonyl (C=S) groups is 1. The minimum Gasteiger partial charge on any atom is -0.391 e. The van der Waals surface area contributed by atoms with Crippen molar-refractivity contribution in [2.45, 2.75) is 31.7 Å². The van der Waals surface area contributed by atoms with Gasteiger partial charge >= 0.3 is 0 Å². The summed E-state index contributed by atoms with van der Waals surface area (Å²) in [6.45, 7) is 0. The van der Waals surface area contributed by atoms with E-state index in [1.165, 1.54) is 6.42 Å². The summed E-state index contributed by atoms with van der Waals surface area (Å²) < 4.78 is 0. The molecular weight excluding hydrogens is 244 g/mol. The maximum atomic E-state index is 11.9. The summed E-state index contributed by atoms with van der Waals surface area (Å²) in [5.41, 5.74) is 6.65. The zero-order chi connectivity index (χ0) is 13.0. The molecule has 4 heteroatoms. The van der Waals surface area contributed by atoms with Gasteiger partial charge in [0.25, 0.3) is 0 Å². The summed E-state index contributed by atoms with van der Waals surface area (Å²) in [6.07, 6.45) is 4.16. The molecule has 1 fully saturated rings. The number of rotatable bonds is 5. The molecule has 3 nitrogen and oxygen atoms in total. The molecule has 0 heterocycles. The molecule has 1 saturated carbocycles. The second kappa shape index (κ2) is 5.96. The Bertz CT molecular complexity index is 429. The van der Waals surface area contributed by atoms with Gasteiger partial charge in [-0.15, -0.1) is 0 Å². The van der Waals surface area contributed by atoms with Crippen LogP contribution in [0, 0.1) is 5.92 Å². The molecule has 18 heavy (non-hydrogen) atoms. The van der Waals surface area contributed by atoms with Gasteiger partial charge < -0.3 is 11.1 Å². The van der Waals surface area contributed by atoms with Crippen LogP contribution in [0.2, 0.25) is 0 Å². The summed E-state index contributed by atoms with van der Waals surface area (Å²) in [7, 11) is 0. The molecule has 1 aliphatic carbocycles. The molecule has 1 atom stereocenters. The Labute approximate surface area is 113 Å². The van der Waals surface area contributed by atoms with E-state index in [0.717, 1.165) is 18.4 Å². The van der Waals surface area contributed by atoms with Crippen molar-refractivity contribution in [3.8, 4) is 0 Å². The Hall–Kier alpha value is -1.42. The molecular formula is C14H18N2OS. The Morgan fingerprint density at radius 2 is 2.06 bits per heavy atom. The standard InChI is InChI=1S/C14H18N2OS/c15-14(18)13(11-7-2-1-3-8-11)16-12(17)9-10-5-4-6-10/h1-3,7-8,10,13H,4-6,9H2,(H2,15,18)(H,16,17). The Morgan fingerprint density at radius 1 is 1.39 bits per heavy atom. The third-order valence-electron chi connectivity index (χ3n) is 3.42. The highest BCUT2D eigenvalue weighted by molar-refractivity contribution is 7.80. The molecule has 1 aromatic carbocycles. The number of carbonyl (C=O) groups is 1. The van der Waals surface area contributed by atoms with E-state index in [9.17, 15) is 4.79 Å². The predicted molar refractivity (Wildman–Crippen MR) is 76.1 cm³/mol. The predicted octanol–water partition coefficient (Wildman–Crippen LogP) is 2.32. The maximum absolute atomic E-state index is 11.9. The summed E-state index contributed by atoms with van der Waals surface area (Å²) in [4.78, 5) is 12.2. The molecule has 1 amide bonds. The van der Waals surface area contributed by atoms with Gasteiger partial charge in [-0.1, -0.05) is 49.0 Å². The van der Waals surface area contributed by atoms with Crippen LogP contribution < -0.4 is 11.1 Å². The molecule has 96 valence electrons. The van der Waals surface area contributed by atoms with E-state index in [0.29, 0.717) is 17.3 Å². The van der Waals surface area contributed by atoms with Gasteiger partial charge in [0, 0.05) is 6.42 Å². The van der Waals surface area contributed by atoms with Gasteiger partial charge in [-0.3, -0.25) is 4.79 Å². The zero-order valence-electron chi connectivity index (χ0n) is 10.3. The molecule has 3 N–H and O–H groups in total. The van der Waals surface area contributed by atoms with Crippen LogP contribution in [0.15, 0.2) is 30.3 Å². The monoisotopic (exact) mass is 262 g/mol. The third kappa shape index (κ3) is 3.29. The van der Waals surface area contributed by atoms with E-state index >= 15 is 0 Å². The minimum absolute atomic E-state index is 0.0429. The molecule has 0 bridgehead atoms. The van der Waals surface area contributed by atoms with Crippen molar-refractivity contribution < 1.29 is 4.79 Å². The largest absolute Gasteiger partial charge is 0.391 e. The second-order valence-corrected chi connectivity index (χ2v) is 5.29. The van der Waals surface area contributed by atoms with Crippen LogP contribution in [0.3, 0.4) is 0 Å². The first-order chi connectivity index (χ1) is 8.66. The highest BCUT2D eigenvalue weighted by Crippen LogP contribution is 2.29. The van der Waals surface area contributed by atoms with E-state index in [4.69, 9.17) is 18.0 Å². The molecule has 0 saturated heterocycles. The Morgan fingerprint density at radius 3 is 2.56 bits per heavy atom. The van der Waals surface area contributed by atoms with Crippen molar-refractivity contribution in [1.29, 1.82) is 0 Å². The molecule has 0 aliphatic heterocycles. The smallest absolute Gasteiger partial charge is 0.221 e. The number of nitrogens with two attached hydrogens (primary N) is 1. The van der Waals surface area contributed by atoms with Gasteiger partial charge in [0.1, 0.15) is 11.0 Å². The van der Waals surface area contributed by atoms with E-state index in [2.05, 4.69) is 5.32 Å². The van der Waals surface area contributed by atoms with Gasteiger partial charge in [-0.25, -0.2) is 0 Å². The molecule has 1 aromatic rings. The van der Waals surface area contributed by atoms with Crippen LogP contribution in [0.1, 0.15) is 37.3 Å². The lowest BCUT2D eigenvalue weighted by atomic mass is 9.83. The summed E-state index contributed by atoms with van der Waals surface area (Å²) in [5, 5.41) is 2.93. The highest BCUT2D eigenvalue weighted by Gasteiger charge is 2.23. The summed E-state index contributed by atoms with van der Waals surface area (Å²) in [5.74, 6) is 0.592. The van der Waals surface area contributed by atoms with Gasteiger partial charge in [-0.05, 0) is 24.3 Å². The van der Waals surface area contributed by atoms with Crippen LogP contribution in [-0.2, 0) is 4.79 Å². The van der Waals surface area contributed by atoms with E-state index < -0.39 is 0 Å². The first-order valence-corrected chi connectivity index (χ1v) is 6.71. The molecule has 0 aromatic heterocycles. The van der Waals surface area contributed by atoms with Gasteiger partial charge in [-0.2, -0.15) is 0 Å². The molecule has 0 spiro atoms. The quantitative estimate of drug-likeness (QED) is 0.801. The molecule has 1 aliphatic rings. The lowest BCUT2D eigenvalue weighted by Crippen LogP contribution is -2.37. The number of nitrogens with one attached hydrogen (secondary N) is 1. The molecule has 2 rings (SSSR count). The van der Waals surface area contributed by atoms with E-state index in [1.807, 2.05) is 30.3 Å². The Kier molecular flexibility index (Phi) is 4.31. The van der Waals surface area contributed by atoms with E-state index in [-0.39, 0.29) is 11.9 Å². The number of hydrogen-bond acceptors (Lipinski definition) is 2. The maximum Gasteiger partial charge on any atom is 0.221 e. The number of amides is 1. The summed E-state index contributed by atoms with van der Waals surface area (Å²) >= 11 is 5.04. The van der Waals surface area contributed by atoms with Crippen molar-refractivity contribution >= 4 is 23.1 Å². The van der Waals surface area contributed by atoms with Crippen LogP contribution in [0.4, 0.5) is 0 Å². The summed E-state index contributed by atoms with van der Waals surface area (Å²) in [6, 6.07) is 9.25. The van der Waals surface area contributed by atoms with E-state index in [1.54, 1.807) is 0 Å². The van der Waals surface area contributed by atoms with Gasteiger partial charge in [0.05, 0.1) is 0 Å². The van der Waals surface area contributed by atoms with Gasteiger partial charge in [0.2, 0.25) is 5.91 Å². The Balaban J connectivity index is 1.98. The topological polar surface area (TPSA) is 55.1 Å². The molecule has 0 radical (unpaired) electrons.